The predicted molar refractivity (Wildman–Crippen MR) is 85.7 cm³/mol. The summed E-state index contributed by atoms with van der Waals surface area (Å²) in [7, 11) is 1.89. The van der Waals surface area contributed by atoms with Crippen molar-refractivity contribution in [2.24, 2.45) is 0 Å². The number of likely N-dealkylation sites (N-methyl/N-ethyl adjacent to an activating group) is 1. The van der Waals surface area contributed by atoms with E-state index in [1.165, 1.54) is 11.1 Å². The van der Waals surface area contributed by atoms with Gasteiger partial charge in [0.05, 0.1) is 5.41 Å². The lowest BCUT2D eigenvalue weighted by molar-refractivity contribution is -0.122. The lowest BCUT2D eigenvalue weighted by Gasteiger charge is -2.23. The van der Waals surface area contributed by atoms with Crippen molar-refractivity contribution in [1.29, 1.82) is 0 Å². The molecule has 1 fully saturated rings. The first kappa shape index (κ1) is 13.5. The second kappa shape index (κ2) is 4.92. The summed E-state index contributed by atoms with van der Waals surface area (Å²) in [5.41, 5.74) is 3.10. The molecule has 2 aromatic rings. The van der Waals surface area contributed by atoms with E-state index in [1.807, 2.05) is 42.4 Å². The SMILES string of the molecule is CN1C(=O)C2(CCN(Cc3cccnc3)C2)c2ccccc21. The molecule has 1 saturated heterocycles. The molecule has 0 saturated carbocycles. The summed E-state index contributed by atoms with van der Waals surface area (Å²) in [4.78, 5) is 21.2. The molecule has 22 heavy (non-hydrogen) atoms. The Hall–Kier alpha value is -2.20. The Morgan fingerprint density at radius 1 is 1.23 bits per heavy atom. The predicted octanol–water partition coefficient (Wildman–Crippen LogP) is 2.20. The number of carbonyl (C=O) groups excluding carboxylic acids is 1. The summed E-state index contributed by atoms with van der Waals surface area (Å²) >= 11 is 0. The fourth-order valence-corrected chi connectivity index (χ4v) is 3.88. The molecule has 112 valence electrons. The van der Waals surface area contributed by atoms with Crippen LogP contribution in [0.25, 0.3) is 0 Å². The van der Waals surface area contributed by atoms with E-state index >= 15 is 0 Å². The van der Waals surface area contributed by atoms with Gasteiger partial charge in [-0.05, 0) is 36.2 Å². The fourth-order valence-electron chi connectivity index (χ4n) is 3.88. The van der Waals surface area contributed by atoms with E-state index in [0.717, 1.165) is 31.7 Å². The van der Waals surface area contributed by atoms with Crippen LogP contribution in [-0.4, -0.2) is 35.9 Å². The minimum absolute atomic E-state index is 0.238. The van der Waals surface area contributed by atoms with Crippen molar-refractivity contribution in [3.05, 3.63) is 59.9 Å². The lowest BCUT2D eigenvalue weighted by atomic mass is 9.81. The Bertz CT molecular complexity index is 715. The molecule has 0 bridgehead atoms. The van der Waals surface area contributed by atoms with Gasteiger partial charge < -0.3 is 4.90 Å². The van der Waals surface area contributed by atoms with Crippen molar-refractivity contribution in [3.63, 3.8) is 0 Å². The number of pyridine rings is 1. The third-order valence-electron chi connectivity index (χ3n) is 4.97. The number of rotatable bonds is 2. The highest BCUT2D eigenvalue weighted by Crippen LogP contribution is 2.46. The summed E-state index contributed by atoms with van der Waals surface area (Å²) in [5.74, 6) is 0.238. The average Bonchev–Trinajstić information content (AvgIpc) is 3.07. The Morgan fingerprint density at radius 2 is 2.09 bits per heavy atom. The van der Waals surface area contributed by atoms with Crippen molar-refractivity contribution in [2.45, 2.75) is 18.4 Å². The summed E-state index contributed by atoms with van der Waals surface area (Å²) in [6, 6.07) is 12.3. The Kier molecular flexibility index (Phi) is 3.01. The first-order valence-electron chi connectivity index (χ1n) is 7.70. The number of fused-ring (bicyclic) bond motifs is 2. The van der Waals surface area contributed by atoms with Gasteiger partial charge in [0.2, 0.25) is 5.91 Å². The van der Waals surface area contributed by atoms with Crippen molar-refractivity contribution in [1.82, 2.24) is 9.88 Å². The first-order chi connectivity index (χ1) is 10.7. The highest BCUT2D eigenvalue weighted by atomic mass is 16.2. The number of aromatic nitrogens is 1. The van der Waals surface area contributed by atoms with Crippen molar-refractivity contribution < 1.29 is 4.79 Å². The van der Waals surface area contributed by atoms with E-state index in [4.69, 9.17) is 0 Å². The molecule has 4 heteroatoms. The van der Waals surface area contributed by atoms with Gasteiger partial charge in [0, 0.05) is 38.2 Å². The molecule has 0 radical (unpaired) electrons. The number of nitrogens with zero attached hydrogens (tertiary/aromatic N) is 3. The lowest BCUT2D eigenvalue weighted by Crippen LogP contribution is -2.40. The van der Waals surface area contributed by atoms with E-state index in [-0.39, 0.29) is 11.3 Å². The highest BCUT2D eigenvalue weighted by Gasteiger charge is 2.53. The van der Waals surface area contributed by atoms with Crippen LogP contribution in [-0.2, 0) is 16.8 Å². The first-order valence-corrected chi connectivity index (χ1v) is 7.70. The van der Waals surface area contributed by atoms with Gasteiger partial charge in [-0.15, -0.1) is 0 Å². The van der Waals surface area contributed by atoms with Gasteiger partial charge >= 0.3 is 0 Å². The quantitative estimate of drug-likeness (QED) is 0.852. The molecule has 0 aliphatic carbocycles. The van der Waals surface area contributed by atoms with Gasteiger partial charge in [0.25, 0.3) is 0 Å². The van der Waals surface area contributed by atoms with Gasteiger partial charge in [-0.1, -0.05) is 24.3 Å². The van der Waals surface area contributed by atoms with Crippen LogP contribution in [0.5, 0.6) is 0 Å². The van der Waals surface area contributed by atoms with E-state index in [9.17, 15) is 4.79 Å². The van der Waals surface area contributed by atoms with Crippen LogP contribution in [0.1, 0.15) is 17.5 Å². The van der Waals surface area contributed by atoms with Crippen LogP contribution < -0.4 is 4.90 Å². The Balaban J connectivity index is 1.63. The molecule has 1 atom stereocenters. The normalized spacial score (nSPS) is 24.2. The topological polar surface area (TPSA) is 36.4 Å². The smallest absolute Gasteiger partial charge is 0.238 e. The number of carbonyl (C=O) groups is 1. The minimum atomic E-state index is -0.354. The van der Waals surface area contributed by atoms with Crippen LogP contribution in [0.4, 0.5) is 5.69 Å². The molecular formula is C18H19N3O. The van der Waals surface area contributed by atoms with E-state index in [1.54, 1.807) is 6.20 Å². The Labute approximate surface area is 130 Å². The maximum Gasteiger partial charge on any atom is 0.238 e. The van der Waals surface area contributed by atoms with E-state index in [2.05, 4.69) is 22.0 Å². The molecule has 4 nitrogen and oxygen atoms in total. The largest absolute Gasteiger partial charge is 0.314 e. The number of hydrogen-bond donors (Lipinski definition) is 0. The molecule has 1 aromatic heterocycles. The van der Waals surface area contributed by atoms with Crippen LogP contribution in [0, 0.1) is 0 Å². The molecule has 1 unspecified atom stereocenters. The molecule has 4 rings (SSSR count). The van der Waals surface area contributed by atoms with E-state index < -0.39 is 0 Å². The number of para-hydroxylation sites is 1. The standard InChI is InChI=1S/C18H19N3O/c1-20-16-7-3-2-6-15(16)18(17(20)22)8-10-21(13-18)12-14-5-4-9-19-11-14/h2-7,9,11H,8,10,12-13H2,1H3. The third-order valence-corrected chi connectivity index (χ3v) is 4.97. The zero-order chi connectivity index (χ0) is 15.2. The fraction of sp³-hybridized carbons (Fsp3) is 0.333. The zero-order valence-electron chi connectivity index (χ0n) is 12.7. The number of anilines is 1. The van der Waals surface area contributed by atoms with Crippen molar-refractivity contribution in [2.75, 3.05) is 25.0 Å². The maximum absolute atomic E-state index is 12.9. The number of benzene rings is 1. The number of amides is 1. The van der Waals surface area contributed by atoms with Gasteiger partial charge in [-0.2, -0.15) is 0 Å². The van der Waals surface area contributed by atoms with Crippen LogP contribution in [0.2, 0.25) is 0 Å². The van der Waals surface area contributed by atoms with E-state index in [0.29, 0.717) is 0 Å². The maximum atomic E-state index is 12.9. The van der Waals surface area contributed by atoms with Gasteiger partial charge in [-0.25, -0.2) is 0 Å². The van der Waals surface area contributed by atoms with Crippen molar-refractivity contribution in [3.8, 4) is 0 Å². The summed E-state index contributed by atoms with van der Waals surface area (Å²) < 4.78 is 0. The van der Waals surface area contributed by atoms with Gasteiger partial charge in [0.15, 0.2) is 0 Å². The molecule has 3 heterocycles. The van der Waals surface area contributed by atoms with Crippen LogP contribution in [0.3, 0.4) is 0 Å². The molecule has 1 spiro atoms. The Morgan fingerprint density at radius 3 is 2.91 bits per heavy atom. The molecule has 2 aliphatic rings. The molecular weight excluding hydrogens is 274 g/mol. The summed E-state index contributed by atoms with van der Waals surface area (Å²) in [6.07, 6.45) is 4.59. The van der Waals surface area contributed by atoms with Gasteiger partial charge in [0.1, 0.15) is 0 Å². The minimum Gasteiger partial charge on any atom is -0.314 e. The molecule has 2 aliphatic heterocycles. The second-order valence-corrected chi connectivity index (χ2v) is 6.29. The average molecular weight is 293 g/mol. The molecule has 1 aromatic carbocycles. The van der Waals surface area contributed by atoms with Gasteiger partial charge in [-0.3, -0.25) is 14.7 Å². The molecule has 0 N–H and O–H groups in total. The number of hydrogen-bond acceptors (Lipinski definition) is 3. The summed E-state index contributed by atoms with van der Waals surface area (Å²) in [6.45, 7) is 2.60. The third kappa shape index (κ3) is 1.87. The summed E-state index contributed by atoms with van der Waals surface area (Å²) in [5, 5.41) is 0. The highest BCUT2D eigenvalue weighted by molar-refractivity contribution is 6.08. The zero-order valence-corrected chi connectivity index (χ0v) is 12.7. The monoisotopic (exact) mass is 293 g/mol. The number of likely N-dealkylation sites (tertiary alicyclic amines) is 1. The van der Waals surface area contributed by atoms with Crippen LogP contribution in [0.15, 0.2) is 48.8 Å². The van der Waals surface area contributed by atoms with Crippen molar-refractivity contribution >= 4 is 11.6 Å². The van der Waals surface area contributed by atoms with Crippen LogP contribution >= 0.6 is 0 Å². The molecule has 1 amide bonds. The second-order valence-electron chi connectivity index (χ2n) is 6.29.